The Morgan fingerprint density at radius 3 is 2.70 bits per heavy atom. The van der Waals surface area contributed by atoms with Crippen molar-refractivity contribution in [2.45, 2.75) is 12.8 Å². The first-order chi connectivity index (χ1) is 11.0. The maximum absolute atomic E-state index is 12.3. The summed E-state index contributed by atoms with van der Waals surface area (Å²) >= 11 is 3.31. The Morgan fingerprint density at radius 1 is 1.39 bits per heavy atom. The van der Waals surface area contributed by atoms with Gasteiger partial charge in [0, 0.05) is 23.1 Å². The van der Waals surface area contributed by atoms with Crippen LogP contribution in [0.5, 0.6) is 5.75 Å². The zero-order valence-corrected chi connectivity index (χ0v) is 13.9. The molecule has 0 radical (unpaired) electrons. The summed E-state index contributed by atoms with van der Waals surface area (Å²) in [4.78, 5) is 24.6. The van der Waals surface area contributed by atoms with Crippen LogP contribution in [0.2, 0.25) is 0 Å². The van der Waals surface area contributed by atoms with Crippen molar-refractivity contribution in [3.8, 4) is 11.8 Å². The highest BCUT2D eigenvalue weighted by molar-refractivity contribution is 9.10. The number of aliphatic carboxylic acids is 1. The first kappa shape index (κ1) is 17.0. The van der Waals surface area contributed by atoms with Crippen molar-refractivity contribution in [1.29, 1.82) is 5.26 Å². The number of ether oxygens (including phenoxy) is 1. The van der Waals surface area contributed by atoms with Gasteiger partial charge in [0.25, 0.3) is 5.91 Å². The Bertz CT molecular complexity index is 688. The van der Waals surface area contributed by atoms with Gasteiger partial charge in [0.2, 0.25) is 0 Å². The zero-order valence-electron chi connectivity index (χ0n) is 12.3. The topological polar surface area (TPSA) is 90.6 Å². The van der Waals surface area contributed by atoms with Gasteiger partial charge in [-0.25, -0.2) is 4.79 Å². The van der Waals surface area contributed by atoms with Crippen molar-refractivity contribution >= 4 is 33.9 Å². The number of halogens is 1. The number of hydrogen-bond acceptors (Lipinski definition) is 4. The van der Waals surface area contributed by atoms with E-state index in [9.17, 15) is 14.9 Å². The second-order valence-corrected chi connectivity index (χ2v) is 5.95. The molecule has 1 aliphatic rings. The molecule has 1 saturated heterocycles. The lowest BCUT2D eigenvalue weighted by Crippen LogP contribution is -2.28. The Morgan fingerprint density at radius 2 is 2.09 bits per heavy atom. The summed E-state index contributed by atoms with van der Waals surface area (Å²) in [5, 5.41) is 18.0. The lowest BCUT2D eigenvalue weighted by Gasteiger charge is -2.14. The minimum absolute atomic E-state index is 0.00479. The summed E-state index contributed by atoms with van der Waals surface area (Å²) in [5.74, 6) is -1.11. The third-order valence-corrected chi connectivity index (χ3v) is 3.86. The molecule has 1 fully saturated rings. The fourth-order valence-corrected chi connectivity index (χ4v) is 2.67. The molecule has 1 aromatic rings. The Kier molecular flexibility index (Phi) is 5.77. The van der Waals surface area contributed by atoms with Gasteiger partial charge in [0.05, 0.1) is 0 Å². The largest absolute Gasteiger partial charge is 0.481 e. The predicted octanol–water partition coefficient (Wildman–Crippen LogP) is 2.44. The Hall–Kier alpha value is -2.33. The van der Waals surface area contributed by atoms with Gasteiger partial charge < -0.3 is 14.7 Å². The van der Waals surface area contributed by atoms with E-state index in [0.29, 0.717) is 24.4 Å². The summed E-state index contributed by atoms with van der Waals surface area (Å²) < 4.78 is 5.94. The van der Waals surface area contributed by atoms with Crippen LogP contribution in [0.15, 0.2) is 28.2 Å². The molecule has 0 saturated carbocycles. The highest BCUT2D eigenvalue weighted by Gasteiger charge is 2.21. The maximum Gasteiger partial charge on any atom is 0.341 e. The number of amides is 1. The Labute approximate surface area is 142 Å². The van der Waals surface area contributed by atoms with E-state index in [0.717, 1.165) is 17.3 Å². The molecule has 0 bridgehead atoms. The predicted molar refractivity (Wildman–Crippen MR) is 86.7 cm³/mol. The fourth-order valence-electron chi connectivity index (χ4n) is 2.29. The van der Waals surface area contributed by atoms with Crippen LogP contribution in [0.1, 0.15) is 18.4 Å². The van der Waals surface area contributed by atoms with E-state index in [1.165, 1.54) is 6.08 Å². The molecule has 2 rings (SSSR count). The van der Waals surface area contributed by atoms with Gasteiger partial charge in [0.1, 0.15) is 17.4 Å². The van der Waals surface area contributed by atoms with E-state index in [4.69, 9.17) is 9.84 Å². The zero-order chi connectivity index (χ0) is 16.8. The van der Waals surface area contributed by atoms with E-state index in [1.807, 2.05) is 6.07 Å². The average molecular weight is 379 g/mol. The summed E-state index contributed by atoms with van der Waals surface area (Å²) in [6.07, 6.45) is 3.31. The highest BCUT2D eigenvalue weighted by Crippen LogP contribution is 2.26. The summed E-state index contributed by atoms with van der Waals surface area (Å²) in [5.41, 5.74) is 0.481. The van der Waals surface area contributed by atoms with E-state index >= 15 is 0 Å². The van der Waals surface area contributed by atoms with Gasteiger partial charge in [-0.05, 0) is 37.1 Å². The lowest BCUT2D eigenvalue weighted by molar-refractivity contribution is -0.139. The number of nitrogens with zero attached hydrogens (tertiary/aromatic N) is 2. The molecule has 1 amide bonds. The van der Waals surface area contributed by atoms with Crippen LogP contribution in [0.3, 0.4) is 0 Å². The van der Waals surface area contributed by atoms with Crippen molar-refractivity contribution in [1.82, 2.24) is 4.90 Å². The molecule has 120 valence electrons. The Balaban J connectivity index is 2.30. The number of hydrogen-bond donors (Lipinski definition) is 1. The maximum atomic E-state index is 12.3. The molecule has 6 nitrogen and oxygen atoms in total. The quantitative estimate of drug-likeness (QED) is 0.627. The molecule has 0 unspecified atom stereocenters. The van der Waals surface area contributed by atoms with E-state index in [-0.39, 0.29) is 11.5 Å². The van der Waals surface area contributed by atoms with E-state index in [2.05, 4.69) is 15.9 Å². The van der Waals surface area contributed by atoms with Gasteiger partial charge >= 0.3 is 5.97 Å². The molecular formula is C16H15BrN2O4. The normalized spacial score (nSPS) is 14.4. The minimum Gasteiger partial charge on any atom is -0.481 e. The van der Waals surface area contributed by atoms with Crippen LogP contribution in [0.25, 0.3) is 6.08 Å². The smallest absolute Gasteiger partial charge is 0.341 e. The molecule has 0 spiro atoms. The standard InChI is InChI=1S/C16H15BrN2O4/c17-13-3-4-14(23-10-15(20)21)11(8-13)7-12(9-18)16(22)19-5-1-2-6-19/h3-4,7-8H,1-2,5-6,10H2,(H,20,21)/b12-7+. The number of carbonyl (C=O) groups excluding carboxylic acids is 1. The molecular weight excluding hydrogens is 364 g/mol. The monoisotopic (exact) mass is 378 g/mol. The number of carbonyl (C=O) groups is 2. The van der Waals surface area contributed by atoms with E-state index in [1.54, 1.807) is 23.1 Å². The van der Waals surface area contributed by atoms with Gasteiger partial charge in [-0.1, -0.05) is 15.9 Å². The second-order valence-electron chi connectivity index (χ2n) is 5.03. The summed E-state index contributed by atoms with van der Waals surface area (Å²) in [7, 11) is 0. The van der Waals surface area contributed by atoms with Gasteiger partial charge in [-0.3, -0.25) is 4.79 Å². The van der Waals surface area contributed by atoms with Crippen molar-refractivity contribution in [3.63, 3.8) is 0 Å². The molecule has 0 atom stereocenters. The lowest BCUT2D eigenvalue weighted by atomic mass is 10.1. The average Bonchev–Trinajstić information content (AvgIpc) is 3.05. The number of nitriles is 1. The molecule has 1 heterocycles. The first-order valence-electron chi connectivity index (χ1n) is 7.06. The van der Waals surface area contributed by atoms with Crippen molar-refractivity contribution in [2.75, 3.05) is 19.7 Å². The van der Waals surface area contributed by atoms with Gasteiger partial charge in [-0.15, -0.1) is 0 Å². The third kappa shape index (κ3) is 4.57. The van der Waals surface area contributed by atoms with E-state index < -0.39 is 12.6 Å². The number of rotatable bonds is 5. The summed E-state index contributed by atoms with van der Waals surface area (Å²) in [6, 6.07) is 6.88. The van der Waals surface area contributed by atoms with Gasteiger partial charge in [-0.2, -0.15) is 5.26 Å². The molecule has 0 aliphatic carbocycles. The number of likely N-dealkylation sites (tertiary alicyclic amines) is 1. The molecule has 1 aliphatic heterocycles. The van der Waals surface area contributed by atoms with Crippen LogP contribution in [-0.4, -0.2) is 41.6 Å². The molecule has 0 aromatic heterocycles. The molecule has 1 aromatic carbocycles. The van der Waals surface area contributed by atoms with Crippen molar-refractivity contribution < 1.29 is 19.4 Å². The van der Waals surface area contributed by atoms with Crippen LogP contribution < -0.4 is 4.74 Å². The van der Waals surface area contributed by atoms with Crippen LogP contribution in [-0.2, 0) is 9.59 Å². The molecule has 1 N–H and O–H groups in total. The number of benzene rings is 1. The first-order valence-corrected chi connectivity index (χ1v) is 7.86. The third-order valence-electron chi connectivity index (χ3n) is 3.37. The number of carboxylic acids is 1. The second kappa shape index (κ2) is 7.79. The van der Waals surface area contributed by atoms with Gasteiger partial charge in [0.15, 0.2) is 6.61 Å². The van der Waals surface area contributed by atoms with Crippen LogP contribution in [0.4, 0.5) is 0 Å². The number of carboxylic acid groups (broad SMARTS) is 1. The fraction of sp³-hybridized carbons (Fsp3) is 0.312. The SMILES string of the molecule is N#C/C(=C\c1cc(Br)ccc1OCC(=O)O)C(=O)N1CCCC1. The van der Waals surface area contributed by atoms with Crippen molar-refractivity contribution in [2.24, 2.45) is 0 Å². The molecule has 23 heavy (non-hydrogen) atoms. The minimum atomic E-state index is -1.10. The highest BCUT2D eigenvalue weighted by atomic mass is 79.9. The van der Waals surface area contributed by atoms with Crippen LogP contribution >= 0.6 is 15.9 Å². The molecule has 7 heteroatoms. The summed E-state index contributed by atoms with van der Waals surface area (Å²) in [6.45, 7) is 0.807. The van der Waals surface area contributed by atoms with Crippen molar-refractivity contribution in [3.05, 3.63) is 33.8 Å². The van der Waals surface area contributed by atoms with Crippen LogP contribution in [0, 0.1) is 11.3 Å².